The van der Waals surface area contributed by atoms with Gasteiger partial charge in [-0.2, -0.15) is 26.3 Å². The first kappa shape index (κ1) is 28.1. The van der Waals surface area contributed by atoms with Crippen molar-refractivity contribution in [3.63, 3.8) is 0 Å². The summed E-state index contributed by atoms with van der Waals surface area (Å²) < 4.78 is 91.0. The molecule has 0 saturated heterocycles. The van der Waals surface area contributed by atoms with Gasteiger partial charge in [0.1, 0.15) is 0 Å². The lowest BCUT2D eigenvalue weighted by molar-refractivity contribution is -0.143. The molecule has 3 nitrogen and oxygen atoms in total. The lowest BCUT2D eigenvalue weighted by Crippen LogP contribution is -2.49. The van der Waals surface area contributed by atoms with Gasteiger partial charge in [-0.15, -0.1) is 0 Å². The lowest BCUT2D eigenvalue weighted by atomic mass is 9.96. The standard InChI is InChI=1S/C24H28F6O3Si/c1-4-34(5-2,6-3)33-22(16-31,19-10-8-7-9-11-19)17-32-15-18-12-20(23(25,26)27)14-21(13-18)24(28,29)30/h7-14,16H,4-6,15,17H2,1-3H3. The summed E-state index contributed by atoms with van der Waals surface area (Å²) in [6.45, 7) is 5.01. The molecule has 10 heteroatoms. The number of aldehydes is 1. The summed E-state index contributed by atoms with van der Waals surface area (Å²) in [6, 6.07) is 12.0. The SMILES string of the molecule is CC[Si](CC)(CC)OC(C=O)(COCc1cc(C(F)(F)F)cc(C(F)(F)F)c1)c1ccccc1. The molecular weight excluding hydrogens is 478 g/mol. The molecule has 2 aromatic rings. The molecular formula is C24H28F6O3Si. The molecule has 0 heterocycles. The van der Waals surface area contributed by atoms with Gasteiger partial charge in [-0.3, -0.25) is 4.79 Å². The van der Waals surface area contributed by atoms with E-state index in [1.807, 2.05) is 20.8 Å². The predicted octanol–water partition coefficient (Wildman–Crippen LogP) is 7.36. The van der Waals surface area contributed by atoms with E-state index in [1.54, 1.807) is 30.3 Å². The summed E-state index contributed by atoms with van der Waals surface area (Å²) in [4.78, 5) is 12.4. The first-order valence-electron chi connectivity index (χ1n) is 10.9. The van der Waals surface area contributed by atoms with Crippen LogP contribution in [0.15, 0.2) is 48.5 Å². The third-order valence-corrected chi connectivity index (χ3v) is 10.7. The molecule has 2 aromatic carbocycles. The summed E-state index contributed by atoms with van der Waals surface area (Å²) in [6.07, 6.45) is -9.30. The fraction of sp³-hybridized carbons (Fsp3) is 0.458. The molecule has 0 radical (unpaired) electrons. The highest BCUT2D eigenvalue weighted by Crippen LogP contribution is 2.37. The van der Waals surface area contributed by atoms with Gasteiger partial charge in [-0.05, 0) is 47.5 Å². The second kappa shape index (κ2) is 11.0. The molecule has 2 rings (SSSR count). The number of rotatable bonds is 11. The van der Waals surface area contributed by atoms with Crippen LogP contribution in [-0.2, 0) is 38.5 Å². The molecule has 0 amide bonds. The molecule has 188 valence electrons. The van der Waals surface area contributed by atoms with Crippen molar-refractivity contribution in [3.05, 3.63) is 70.8 Å². The third kappa shape index (κ3) is 6.70. The van der Waals surface area contributed by atoms with Crippen LogP contribution in [0.3, 0.4) is 0 Å². The Morgan fingerprint density at radius 3 is 1.71 bits per heavy atom. The Morgan fingerprint density at radius 1 is 0.794 bits per heavy atom. The number of carbonyl (C=O) groups is 1. The van der Waals surface area contributed by atoms with Crippen LogP contribution < -0.4 is 0 Å². The van der Waals surface area contributed by atoms with Gasteiger partial charge < -0.3 is 9.16 Å². The van der Waals surface area contributed by atoms with Gasteiger partial charge in [0.15, 0.2) is 20.2 Å². The van der Waals surface area contributed by atoms with Crippen molar-refractivity contribution in [1.29, 1.82) is 0 Å². The monoisotopic (exact) mass is 506 g/mol. The van der Waals surface area contributed by atoms with E-state index in [9.17, 15) is 31.1 Å². The van der Waals surface area contributed by atoms with Gasteiger partial charge in [-0.1, -0.05) is 51.1 Å². The zero-order chi connectivity index (χ0) is 25.6. The van der Waals surface area contributed by atoms with Crippen molar-refractivity contribution in [1.82, 2.24) is 0 Å². The van der Waals surface area contributed by atoms with E-state index < -0.39 is 44.0 Å². The summed E-state index contributed by atoms with van der Waals surface area (Å²) in [5.74, 6) is 0. The number of carbonyl (C=O) groups excluding carboxylic acids is 1. The number of hydrogen-bond acceptors (Lipinski definition) is 3. The average Bonchev–Trinajstić information content (AvgIpc) is 2.81. The maximum absolute atomic E-state index is 13.2. The number of benzene rings is 2. The van der Waals surface area contributed by atoms with Gasteiger partial charge in [-0.25, -0.2) is 0 Å². The average molecular weight is 507 g/mol. The van der Waals surface area contributed by atoms with E-state index >= 15 is 0 Å². The molecule has 0 aliphatic heterocycles. The lowest BCUT2D eigenvalue weighted by Gasteiger charge is -2.39. The minimum atomic E-state index is -4.95. The Kier molecular flexibility index (Phi) is 9.12. The topological polar surface area (TPSA) is 35.5 Å². The largest absolute Gasteiger partial charge is 0.416 e. The fourth-order valence-corrected chi connectivity index (χ4v) is 6.72. The predicted molar refractivity (Wildman–Crippen MR) is 119 cm³/mol. The van der Waals surface area contributed by atoms with E-state index in [1.165, 1.54) is 0 Å². The maximum atomic E-state index is 13.2. The Morgan fingerprint density at radius 2 is 1.29 bits per heavy atom. The normalized spacial score (nSPS) is 14.6. The van der Waals surface area contributed by atoms with Crippen molar-refractivity contribution in [2.24, 2.45) is 0 Å². The third-order valence-electron chi connectivity index (χ3n) is 6.02. The minimum Gasteiger partial charge on any atom is -0.399 e. The fourth-order valence-electron chi connectivity index (χ4n) is 3.79. The smallest absolute Gasteiger partial charge is 0.399 e. The second-order valence-electron chi connectivity index (χ2n) is 8.13. The van der Waals surface area contributed by atoms with Gasteiger partial charge in [0.05, 0.1) is 24.3 Å². The van der Waals surface area contributed by atoms with Gasteiger partial charge >= 0.3 is 12.4 Å². The van der Waals surface area contributed by atoms with E-state index in [0.29, 0.717) is 24.0 Å². The van der Waals surface area contributed by atoms with Gasteiger partial charge in [0, 0.05) is 0 Å². The van der Waals surface area contributed by atoms with Crippen LogP contribution in [-0.4, -0.2) is 21.2 Å². The second-order valence-corrected chi connectivity index (χ2v) is 12.8. The quantitative estimate of drug-likeness (QED) is 0.182. The number of alkyl halides is 6. The van der Waals surface area contributed by atoms with Crippen LogP contribution in [0, 0.1) is 0 Å². The summed E-state index contributed by atoms with van der Waals surface area (Å²) >= 11 is 0. The van der Waals surface area contributed by atoms with E-state index in [-0.39, 0.29) is 18.2 Å². The van der Waals surface area contributed by atoms with Gasteiger partial charge in [0.25, 0.3) is 0 Å². The molecule has 0 spiro atoms. The van der Waals surface area contributed by atoms with Crippen molar-refractivity contribution in [2.45, 2.75) is 63.5 Å². The molecule has 1 unspecified atom stereocenters. The molecule has 0 aromatic heterocycles. The number of halogens is 6. The minimum absolute atomic E-state index is 0.0655. The Hall–Kier alpha value is -2.17. The Bertz CT molecular complexity index is 901. The number of ether oxygens (including phenoxy) is 1. The van der Waals surface area contributed by atoms with Crippen LogP contribution in [0.5, 0.6) is 0 Å². The van der Waals surface area contributed by atoms with E-state index in [4.69, 9.17) is 9.16 Å². The van der Waals surface area contributed by atoms with Crippen LogP contribution in [0.25, 0.3) is 0 Å². The zero-order valence-corrected chi connectivity index (χ0v) is 20.2. The van der Waals surface area contributed by atoms with E-state index in [2.05, 4.69) is 0 Å². The van der Waals surface area contributed by atoms with Crippen molar-refractivity contribution >= 4 is 14.6 Å². The van der Waals surface area contributed by atoms with Crippen molar-refractivity contribution < 1.29 is 40.3 Å². The van der Waals surface area contributed by atoms with E-state index in [0.717, 1.165) is 18.1 Å². The zero-order valence-electron chi connectivity index (χ0n) is 19.2. The molecule has 34 heavy (non-hydrogen) atoms. The summed E-state index contributed by atoms with van der Waals surface area (Å²) in [5.41, 5.74) is -4.16. The highest BCUT2D eigenvalue weighted by molar-refractivity contribution is 6.73. The van der Waals surface area contributed by atoms with Crippen LogP contribution >= 0.6 is 0 Å². The molecule has 0 fully saturated rings. The van der Waals surface area contributed by atoms with Crippen LogP contribution in [0.1, 0.15) is 43.0 Å². The van der Waals surface area contributed by atoms with Crippen LogP contribution in [0.4, 0.5) is 26.3 Å². The highest BCUT2D eigenvalue weighted by Gasteiger charge is 2.43. The first-order chi connectivity index (χ1) is 15.8. The molecule has 1 atom stereocenters. The van der Waals surface area contributed by atoms with Crippen molar-refractivity contribution in [3.8, 4) is 0 Å². The molecule has 0 aliphatic carbocycles. The maximum Gasteiger partial charge on any atom is 0.416 e. The van der Waals surface area contributed by atoms with Crippen LogP contribution in [0.2, 0.25) is 18.1 Å². The van der Waals surface area contributed by atoms with Crippen molar-refractivity contribution in [2.75, 3.05) is 6.61 Å². The molecule has 0 aliphatic rings. The summed E-state index contributed by atoms with van der Waals surface area (Å²) in [7, 11) is -2.36. The Labute approximate surface area is 196 Å². The van der Waals surface area contributed by atoms with Gasteiger partial charge in [0.2, 0.25) is 0 Å². The molecule has 0 saturated carbocycles. The summed E-state index contributed by atoms with van der Waals surface area (Å²) in [5, 5.41) is 0. The number of hydrogen-bond donors (Lipinski definition) is 0. The Balaban J connectivity index is 2.39. The molecule has 0 N–H and O–H groups in total. The molecule has 0 bridgehead atoms. The highest BCUT2D eigenvalue weighted by atomic mass is 28.4. The first-order valence-corrected chi connectivity index (χ1v) is 13.5.